The molecule has 5 heteroatoms. The number of aliphatic hydroxyl groups is 1. The standard InChI is InChI=1S/C13H17Cl2NO2/c1-3-13(2,18)8-16-12(17)6-9-4-5-10(14)7-11(9)15/h4-5,7,18H,3,6,8H2,1-2H3,(H,16,17). The first-order valence-corrected chi connectivity index (χ1v) is 6.52. The summed E-state index contributed by atoms with van der Waals surface area (Å²) in [6, 6.07) is 5.02. The predicted octanol–water partition coefficient (Wildman–Crippen LogP) is 2.81. The Morgan fingerprint density at radius 2 is 2.11 bits per heavy atom. The zero-order chi connectivity index (χ0) is 13.8. The first kappa shape index (κ1) is 15.3. The molecule has 100 valence electrons. The molecule has 18 heavy (non-hydrogen) atoms. The van der Waals surface area contributed by atoms with Gasteiger partial charge in [-0.25, -0.2) is 0 Å². The monoisotopic (exact) mass is 289 g/mol. The second-order valence-electron chi connectivity index (χ2n) is 4.54. The average molecular weight is 290 g/mol. The molecule has 0 aliphatic rings. The van der Waals surface area contributed by atoms with Crippen LogP contribution in [0.15, 0.2) is 18.2 Å². The zero-order valence-corrected chi connectivity index (χ0v) is 12.0. The lowest BCUT2D eigenvalue weighted by Crippen LogP contribution is -2.40. The molecule has 1 amide bonds. The highest BCUT2D eigenvalue weighted by Gasteiger charge is 2.18. The number of amides is 1. The predicted molar refractivity (Wildman–Crippen MR) is 74.1 cm³/mol. The Kier molecular flexibility index (Phi) is 5.45. The summed E-state index contributed by atoms with van der Waals surface area (Å²) < 4.78 is 0. The normalized spacial score (nSPS) is 14.1. The summed E-state index contributed by atoms with van der Waals surface area (Å²) in [6.45, 7) is 3.78. The molecule has 0 aliphatic carbocycles. The molecule has 0 saturated heterocycles. The van der Waals surface area contributed by atoms with E-state index in [9.17, 15) is 9.90 Å². The first-order chi connectivity index (χ1) is 8.34. The average Bonchev–Trinajstić information content (AvgIpc) is 2.30. The van der Waals surface area contributed by atoms with Crippen molar-refractivity contribution in [3.63, 3.8) is 0 Å². The van der Waals surface area contributed by atoms with E-state index in [4.69, 9.17) is 23.2 Å². The summed E-state index contributed by atoms with van der Waals surface area (Å²) in [5, 5.41) is 13.5. The quantitative estimate of drug-likeness (QED) is 0.876. The van der Waals surface area contributed by atoms with Crippen molar-refractivity contribution < 1.29 is 9.90 Å². The summed E-state index contributed by atoms with van der Waals surface area (Å²) in [4.78, 5) is 11.7. The van der Waals surface area contributed by atoms with Gasteiger partial charge in [0.25, 0.3) is 0 Å². The minimum atomic E-state index is -0.876. The molecule has 0 fully saturated rings. The van der Waals surface area contributed by atoms with Gasteiger partial charge >= 0.3 is 0 Å². The third kappa shape index (κ3) is 4.84. The highest BCUT2D eigenvalue weighted by atomic mass is 35.5. The van der Waals surface area contributed by atoms with Crippen LogP contribution in [0.5, 0.6) is 0 Å². The van der Waals surface area contributed by atoms with Crippen LogP contribution in [0.3, 0.4) is 0 Å². The molecule has 1 rings (SSSR count). The van der Waals surface area contributed by atoms with Crippen molar-refractivity contribution in [2.24, 2.45) is 0 Å². The van der Waals surface area contributed by atoms with Crippen molar-refractivity contribution in [2.45, 2.75) is 32.3 Å². The second-order valence-corrected chi connectivity index (χ2v) is 5.38. The summed E-state index contributed by atoms with van der Waals surface area (Å²) in [6.07, 6.45) is 0.755. The summed E-state index contributed by atoms with van der Waals surface area (Å²) in [5.74, 6) is -0.173. The van der Waals surface area contributed by atoms with Crippen molar-refractivity contribution in [3.8, 4) is 0 Å². The Bertz CT molecular complexity index is 433. The van der Waals surface area contributed by atoms with Gasteiger partial charge in [0.1, 0.15) is 0 Å². The Balaban J connectivity index is 2.55. The van der Waals surface area contributed by atoms with Gasteiger partial charge < -0.3 is 10.4 Å². The fourth-order valence-electron chi connectivity index (χ4n) is 1.31. The van der Waals surface area contributed by atoms with Gasteiger partial charge in [0.05, 0.1) is 12.0 Å². The van der Waals surface area contributed by atoms with Crippen LogP contribution < -0.4 is 5.32 Å². The molecule has 0 aromatic heterocycles. The van der Waals surface area contributed by atoms with E-state index in [0.717, 1.165) is 5.56 Å². The lowest BCUT2D eigenvalue weighted by Gasteiger charge is -2.21. The fraction of sp³-hybridized carbons (Fsp3) is 0.462. The Hall–Kier alpha value is -0.770. The molecule has 0 heterocycles. The summed E-state index contributed by atoms with van der Waals surface area (Å²) in [5.41, 5.74) is -0.158. The Labute approximate surface area is 117 Å². The molecular formula is C13H17Cl2NO2. The molecule has 0 spiro atoms. The largest absolute Gasteiger partial charge is 0.388 e. The van der Waals surface area contributed by atoms with Crippen LogP contribution in [0.4, 0.5) is 0 Å². The van der Waals surface area contributed by atoms with E-state index in [2.05, 4.69) is 5.32 Å². The van der Waals surface area contributed by atoms with Gasteiger partial charge in [-0.2, -0.15) is 0 Å². The van der Waals surface area contributed by atoms with Crippen molar-refractivity contribution >= 4 is 29.1 Å². The van der Waals surface area contributed by atoms with E-state index in [1.165, 1.54) is 0 Å². The molecule has 1 unspecified atom stereocenters. The van der Waals surface area contributed by atoms with Gasteiger partial charge in [-0.15, -0.1) is 0 Å². The zero-order valence-electron chi connectivity index (χ0n) is 10.5. The third-order valence-corrected chi connectivity index (χ3v) is 3.38. The molecule has 3 nitrogen and oxygen atoms in total. The smallest absolute Gasteiger partial charge is 0.224 e. The lowest BCUT2D eigenvalue weighted by atomic mass is 10.0. The Morgan fingerprint density at radius 3 is 2.67 bits per heavy atom. The van der Waals surface area contributed by atoms with Crippen LogP contribution in [-0.4, -0.2) is 23.2 Å². The lowest BCUT2D eigenvalue weighted by molar-refractivity contribution is -0.121. The fourth-order valence-corrected chi connectivity index (χ4v) is 1.79. The molecule has 1 aromatic carbocycles. The number of nitrogens with one attached hydrogen (secondary N) is 1. The molecule has 1 atom stereocenters. The highest BCUT2D eigenvalue weighted by molar-refractivity contribution is 6.35. The van der Waals surface area contributed by atoms with Gasteiger partial charge in [0.2, 0.25) is 5.91 Å². The van der Waals surface area contributed by atoms with Crippen LogP contribution in [0.1, 0.15) is 25.8 Å². The molecule has 0 bridgehead atoms. The maximum atomic E-state index is 11.7. The van der Waals surface area contributed by atoms with E-state index in [0.29, 0.717) is 16.5 Å². The van der Waals surface area contributed by atoms with Crippen molar-refractivity contribution in [3.05, 3.63) is 33.8 Å². The third-order valence-electron chi connectivity index (χ3n) is 2.79. The highest BCUT2D eigenvalue weighted by Crippen LogP contribution is 2.21. The minimum absolute atomic E-state index is 0.173. The SMILES string of the molecule is CCC(C)(O)CNC(=O)Cc1ccc(Cl)cc1Cl. The maximum absolute atomic E-state index is 11.7. The molecule has 0 radical (unpaired) electrons. The van der Waals surface area contributed by atoms with Crippen LogP contribution in [-0.2, 0) is 11.2 Å². The molecule has 0 aliphatic heterocycles. The van der Waals surface area contributed by atoms with Gasteiger partial charge in [-0.1, -0.05) is 36.2 Å². The number of rotatable bonds is 5. The van der Waals surface area contributed by atoms with Crippen LogP contribution in [0, 0.1) is 0 Å². The van der Waals surface area contributed by atoms with E-state index in [-0.39, 0.29) is 18.9 Å². The number of benzene rings is 1. The molecule has 2 N–H and O–H groups in total. The van der Waals surface area contributed by atoms with Crippen LogP contribution >= 0.6 is 23.2 Å². The number of carbonyl (C=O) groups excluding carboxylic acids is 1. The molecule has 0 saturated carbocycles. The molecule has 1 aromatic rings. The van der Waals surface area contributed by atoms with E-state index >= 15 is 0 Å². The van der Waals surface area contributed by atoms with Crippen molar-refractivity contribution in [2.75, 3.05) is 6.54 Å². The number of carbonyl (C=O) groups is 1. The van der Waals surface area contributed by atoms with Gasteiger partial charge in [-0.3, -0.25) is 4.79 Å². The van der Waals surface area contributed by atoms with Gasteiger partial charge in [0.15, 0.2) is 0 Å². The second kappa shape index (κ2) is 6.41. The number of hydrogen-bond donors (Lipinski definition) is 2. The van der Waals surface area contributed by atoms with Crippen LogP contribution in [0.2, 0.25) is 10.0 Å². The topological polar surface area (TPSA) is 49.3 Å². The van der Waals surface area contributed by atoms with E-state index in [1.54, 1.807) is 25.1 Å². The summed E-state index contributed by atoms with van der Waals surface area (Å²) >= 11 is 11.8. The molecular weight excluding hydrogens is 273 g/mol. The van der Waals surface area contributed by atoms with Gasteiger partial charge in [0, 0.05) is 16.6 Å². The Morgan fingerprint density at radius 1 is 1.44 bits per heavy atom. The van der Waals surface area contributed by atoms with Crippen molar-refractivity contribution in [1.29, 1.82) is 0 Å². The minimum Gasteiger partial charge on any atom is -0.388 e. The van der Waals surface area contributed by atoms with E-state index in [1.807, 2.05) is 6.92 Å². The maximum Gasteiger partial charge on any atom is 0.224 e. The first-order valence-electron chi connectivity index (χ1n) is 5.77. The number of hydrogen-bond acceptors (Lipinski definition) is 2. The summed E-state index contributed by atoms with van der Waals surface area (Å²) in [7, 11) is 0. The van der Waals surface area contributed by atoms with Crippen LogP contribution in [0.25, 0.3) is 0 Å². The van der Waals surface area contributed by atoms with Crippen molar-refractivity contribution in [1.82, 2.24) is 5.32 Å². The van der Waals surface area contributed by atoms with E-state index < -0.39 is 5.60 Å². The number of halogens is 2. The van der Waals surface area contributed by atoms with Gasteiger partial charge in [-0.05, 0) is 31.0 Å².